The third kappa shape index (κ3) is 7.53. The van der Waals surface area contributed by atoms with Crippen molar-refractivity contribution in [1.82, 2.24) is 10.6 Å². The minimum atomic E-state index is -0.00272. The number of amides is 1. The summed E-state index contributed by atoms with van der Waals surface area (Å²) in [5.74, 6) is 0.786. The second-order valence-electron chi connectivity index (χ2n) is 5.44. The van der Waals surface area contributed by atoms with Gasteiger partial charge in [-0.05, 0) is 43.5 Å². The van der Waals surface area contributed by atoms with E-state index in [0.29, 0.717) is 24.0 Å². The molecule has 1 aliphatic rings. The van der Waals surface area contributed by atoms with Gasteiger partial charge in [0.1, 0.15) is 0 Å². The van der Waals surface area contributed by atoms with E-state index < -0.39 is 0 Å². The van der Waals surface area contributed by atoms with E-state index in [4.69, 9.17) is 11.6 Å². The smallest absolute Gasteiger partial charge is 0.224 e. The number of aliphatic imine (C=N–C) groups is 1. The van der Waals surface area contributed by atoms with Crippen molar-refractivity contribution in [2.45, 2.75) is 31.7 Å². The molecule has 0 fully saturated rings. The number of hydrogen-bond acceptors (Lipinski definition) is 2. The summed E-state index contributed by atoms with van der Waals surface area (Å²) in [6, 6.07) is 7.52. The fourth-order valence-corrected chi connectivity index (χ4v) is 2.46. The normalized spacial score (nSPS) is 14.2. The molecule has 0 aromatic heterocycles. The van der Waals surface area contributed by atoms with Crippen molar-refractivity contribution >= 4 is 53.1 Å². The molecule has 24 heavy (non-hydrogen) atoms. The molecule has 0 spiro atoms. The van der Waals surface area contributed by atoms with Crippen LogP contribution in [0, 0.1) is 0 Å². The van der Waals surface area contributed by atoms with Crippen LogP contribution in [0.4, 0.5) is 5.69 Å². The van der Waals surface area contributed by atoms with Gasteiger partial charge in [0.05, 0.1) is 0 Å². The largest absolute Gasteiger partial charge is 0.356 e. The lowest BCUT2D eigenvalue weighted by Crippen LogP contribution is -2.42. The van der Waals surface area contributed by atoms with E-state index >= 15 is 0 Å². The molecule has 5 nitrogen and oxygen atoms in total. The maximum absolute atomic E-state index is 11.9. The fraction of sp³-hybridized carbons (Fsp3) is 0.412. The van der Waals surface area contributed by atoms with E-state index in [9.17, 15) is 4.79 Å². The van der Waals surface area contributed by atoms with E-state index in [1.165, 1.54) is 0 Å². The molecule has 0 heterocycles. The van der Waals surface area contributed by atoms with Crippen LogP contribution in [-0.4, -0.2) is 31.5 Å². The topological polar surface area (TPSA) is 65.5 Å². The average molecular weight is 463 g/mol. The SMILES string of the molecule is CN=C(NCCCC(=O)Nc1ccc(Cl)cc1)NC1CC=CC1.I. The molecule has 2 rings (SSSR count). The molecule has 3 N–H and O–H groups in total. The number of guanidine groups is 1. The Balaban J connectivity index is 0.00000288. The van der Waals surface area contributed by atoms with Crippen molar-refractivity contribution in [1.29, 1.82) is 0 Å². The van der Waals surface area contributed by atoms with Crippen LogP contribution < -0.4 is 16.0 Å². The standard InChI is InChI=1S/C17H23ClN4O.HI/c1-19-17(22-14-5-2-3-6-14)20-12-4-7-16(23)21-15-10-8-13(18)9-11-15;/h2-3,8-11,14H,4-7,12H2,1H3,(H,21,23)(H2,19,20,22);1H. The summed E-state index contributed by atoms with van der Waals surface area (Å²) in [5, 5.41) is 10.1. The Kier molecular flexibility index (Phi) is 9.78. The van der Waals surface area contributed by atoms with Crippen LogP contribution in [0.1, 0.15) is 25.7 Å². The first-order valence-electron chi connectivity index (χ1n) is 7.85. The second-order valence-corrected chi connectivity index (χ2v) is 5.88. The highest BCUT2D eigenvalue weighted by Crippen LogP contribution is 2.13. The highest BCUT2D eigenvalue weighted by molar-refractivity contribution is 14.0. The summed E-state index contributed by atoms with van der Waals surface area (Å²) < 4.78 is 0. The first kappa shape index (κ1) is 20.8. The summed E-state index contributed by atoms with van der Waals surface area (Å²) in [6.07, 6.45) is 7.60. The third-order valence-corrected chi connectivity index (χ3v) is 3.83. The van der Waals surface area contributed by atoms with Crippen molar-refractivity contribution in [3.05, 3.63) is 41.4 Å². The van der Waals surface area contributed by atoms with Gasteiger partial charge in [-0.2, -0.15) is 0 Å². The number of carbonyl (C=O) groups is 1. The molecule has 1 aromatic carbocycles. The van der Waals surface area contributed by atoms with Crippen LogP contribution in [0.3, 0.4) is 0 Å². The summed E-state index contributed by atoms with van der Waals surface area (Å²) in [7, 11) is 1.75. The van der Waals surface area contributed by atoms with Gasteiger partial charge < -0.3 is 16.0 Å². The first-order valence-corrected chi connectivity index (χ1v) is 8.23. The van der Waals surface area contributed by atoms with Gasteiger partial charge >= 0.3 is 0 Å². The zero-order valence-electron chi connectivity index (χ0n) is 13.7. The first-order chi connectivity index (χ1) is 11.2. The maximum Gasteiger partial charge on any atom is 0.224 e. The number of carbonyl (C=O) groups excluding carboxylic acids is 1. The molecule has 0 atom stereocenters. The van der Waals surface area contributed by atoms with Gasteiger partial charge in [-0.1, -0.05) is 23.8 Å². The molecule has 0 saturated heterocycles. The van der Waals surface area contributed by atoms with Crippen molar-refractivity contribution in [2.75, 3.05) is 18.9 Å². The predicted octanol–water partition coefficient (Wildman–Crippen LogP) is 3.56. The lowest BCUT2D eigenvalue weighted by Gasteiger charge is -2.16. The van der Waals surface area contributed by atoms with Crippen molar-refractivity contribution < 1.29 is 4.79 Å². The van der Waals surface area contributed by atoms with Crippen molar-refractivity contribution in [3.8, 4) is 0 Å². The minimum absolute atomic E-state index is 0. The number of benzene rings is 1. The van der Waals surface area contributed by atoms with E-state index in [0.717, 1.165) is 30.9 Å². The van der Waals surface area contributed by atoms with Gasteiger partial charge in [0.15, 0.2) is 5.96 Å². The lowest BCUT2D eigenvalue weighted by molar-refractivity contribution is -0.116. The molecular formula is C17H24ClIN4O. The molecule has 132 valence electrons. The molecule has 0 aliphatic heterocycles. The van der Waals surface area contributed by atoms with E-state index in [-0.39, 0.29) is 29.9 Å². The number of nitrogens with zero attached hydrogens (tertiary/aromatic N) is 1. The van der Waals surface area contributed by atoms with Crippen LogP contribution in [0.2, 0.25) is 5.02 Å². The van der Waals surface area contributed by atoms with Gasteiger partial charge in [-0.25, -0.2) is 0 Å². The quantitative estimate of drug-likeness (QED) is 0.199. The Labute approximate surface area is 165 Å². The highest BCUT2D eigenvalue weighted by Gasteiger charge is 2.11. The molecule has 0 unspecified atom stereocenters. The van der Waals surface area contributed by atoms with Crippen LogP contribution in [0.25, 0.3) is 0 Å². The highest BCUT2D eigenvalue weighted by atomic mass is 127. The predicted molar refractivity (Wildman–Crippen MR) is 111 cm³/mol. The van der Waals surface area contributed by atoms with Gasteiger partial charge in [0.25, 0.3) is 0 Å². The average Bonchev–Trinajstić information content (AvgIpc) is 3.05. The summed E-state index contributed by atoms with van der Waals surface area (Å²) >= 11 is 5.81. The summed E-state index contributed by atoms with van der Waals surface area (Å²) in [4.78, 5) is 16.1. The number of nitrogens with one attached hydrogen (secondary N) is 3. The maximum atomic E-state index is 11.9. The fourth-order valence-electron chi connectivity index (χ4n) is 2.34. The van der Waals surface area contributed by atoms with Gasteiger partial charge in [-0.3, -0.25) is 9.79 Å². The Morgan fingerprint density at radius 2 is 1.92 bits per heavy atom. The van der Waals surface area contributed by atoms with E-state index in [1.807, 2.05) is 0 Å². The second kappa shape index (κ2) is 11.3. The Bertz CT molecular complexity index is 566. The number of hydrogen-bond donors (Lipinski definition) is 3. The molecule has 1 aliphatic carbocycles. The minimum Gasteiger partial charge on any atom is -0.356 e. The summed E-state index contributed by atoms with van der Waals surface area (Å²) in [6.45, 7) is 0.702. The summed E-state index contributed by atoms with van der Waals surface area (Å²) in [5.41, 5.74) is 0.763. The third-order valence-electron chi connectivity index (χ3n) is 3.57. The van der Waals surface area contributed by atoms with Crippen LogP contribution in [-0.2, 0) is 4.79 Å². The van der Waals surface area contributed by atoms with Gasteiger partial charge in [0, 0.05) is 36.8 Å². The number of halogens is 2. The molecule has 1 aromatic rings. The van der Waals surface area contributed by atoms with E-state index in [2.05, 4.69) is 33.1 Å². The molecular weight excluding hydrogens is 439 g/mol. The van der Waals surface area contributed by atoms with Crippen LogP contribution >= 0.6 is 35.6 Å². The Hall–Kier alpha value is -1.28. The molecule has 1 amide bonds. The zero-order chi connectivity index (χ0) is 16.5. The van der Waals surface area contributed by atoms with Crippen molar-refractivity contribution in [2.24, 2.45) is 4.99 Å². The Morgan fingerprint density at radius 3 is 2.54 bits per heavy atom. The molecule has 0 bridgehead atoms. The van der Waals surface area contributed by atoms with Gasteiger partial charge in [0.2, 0.25) is 5.91 Å². The monoisotopic (exact) mass is 462 g/mol. The number of anilines is 1. The molecule has 7 heteroatoms. The lowest BCUT2D eigenvalue weighted by atomic mass is 10.2. The van der Waals surface area contributed by atoms with Crippen LogP contribution in [0.15, 0.2) is 41.4 Å². The van der Waals surface area contributed by atoms with Crippen LogP contribution in [0.5, 0.6) is 0 Å². The molecule has 0 radical (unpaired) electrons. The Morgan fingerprint density at radius 1 is 1.25 bits per heavy atom. The number of rotatable bonds is 6. The van der Waals surface area contributed by atoms with Gasteiger partial charge in [-0.15, -0.1) is 24.0 Å². The molecule has 0 saturated carbocycles. The van der Waals surface area contributed by atoms with E-state index in [1.54, 1.807) is 31.3 Å². The zero-order valence-corrected chi connectivity index (χ0v) is 16.8. The van der Waals surface area contributed by atoms with Crippen molar-refractivity contribution in [3.63, 3.8) is 0 Å².